The van der Waals surface area contributed by atoms with Crippen LogP contribution in [0, 0.1) is 0 Å². The van der Waals surface area contributed by atoms with Crippen molar-refractivity contribution < 1.29 is 35.1 Å². The number of carbonyl (C=O) groups excluding carboxylic acids is 1. The van der Waals surface area contributed by atoms with Gasteiger partial charge >= 0.3 is 0 Å². The Morgan fingerprint density at radius 3 is 2.20 bits per heavy atom. The second kappa shape index (κ2) is 13.2. The molecule has 0 saturated carbocycles. The van der Waals surface area contributed by atoms with E-state index in [1.54, 1.807) is 0 Å². The number of thioether (sulfide) groups is 1. The first-order chi connectivity index (χ1) is 19.5. The number of alkyl halides is 2. The number of amides is 1. The number of hydrogen-bond acceptors (Lipinski definition) is 7. The number of benzene rings is 3. The molecule has 1 aliphatic heterocycles. The summed E-state index contributed by atoms with van der Waals surface area (Å²) in [6.45, 7) is 0.814. The van der Waals surface area contributed by atoms with Crippen LogP contribution in [0.4, 0.5) is 20.2 Å². The number of sulfonamides is 2. The minimum Gasteiger partial charge on any atom is -0.496 e. The van der Waals surface area contributed by atoms with E-state index in [2.05, 4.69) is 10.0 Å². The topological polar surface area (TPSA) is 122 Å². The standard InChI is InChI=1S/C27H29F2N3O6S3/c1-38-25-14-13-23(41(36,37)32-15-4-2-3-5-16-32)18-24(25)26(33)30-20-7-6-8-22(17-20)40(34,35)31-19-9-11-21(12-10-19)39-27(28)29/h6-14,17-18,27,31H,2-5,15-16H2,1H3,(H,30,33). The Kier molecular flexibility index (Phi) is 9.89. The third-order valence-corrected chi connectivity index (χ3v) is 10.3. The average Bonchev–Trinajstić information content (AvgIpc) is 3.24. The third-order valence-electron chi connectivity index (χ3n) is 6.35. The Bertz CT molecular complexity index is 1590. The van der Waals surface area contributed by atoms with Gasteiger partial charge in [-0.2, -0.15) is 13.1 Å². The molecule has 14 heteroatoms. The number of ether oxygens (including phenoxy) is 1. The fourth-order valence-electron chi connectivity index (χ4n) is 4.31. The van der Waals surface area contributed by atoms with Crippen LogP contribution in [0.25, 0.3) is 0 Å². The summed E-state index contributed by atoms with van der Waals surface area (Å²) in [5, 5.41) is 2.61. The molecule has 1 saturated heterocycles. The Balaban J connectivity index is 1.54. The molecule has 0 unspecified atom stereocenters. The fourth-order valence-corrected chi connectivity index (χ4v) is 7.46. The van der Waals surface area contributed by atoms with Crippen LogP contribution in [-0.2, 0) is 20.0 Å². The third kappa shape index (κ3) is 7.76. The summed E-state index contributed by atoms with van der Waals surface area (Å²) in [4.78, 5) is 13.3. The van der Waals surface area contributed by atoms with E-state index in [-0.39, 0.29) is 37.4 Å². The van der Waals surface area contributed by atoms with E-state index in [0.717, 1.165) is 25.7 Å². The molecular weight excluding hydrogens is 597 g/mol. The lowest BCUT2D eigenvalue weighted by Gasteiger charge is -2.20. The van der Waals surface area contributed by atoms with Crippen LogP contribution in [0.15, 0.2) is 81.4 Å². The first-order valence-corrected chi connectivity index (χ1v) is 16.5. The molecular formula is C27H29F2N3O6S3. The lowest BCUT2D eigenvalue weighted by Crippen LogP contribution is -2.32. The van der Waals surface area contributed by atoms with Gasteiger partial charge in [0.1, 0.15) is 5.75 Å². The van der Waals surface area contributed by atoms with E-state index in [9.17, 15) is 30.4 Å². The molecule has 0 atom stereocenters. The first kappa shape index (κ1) is 30.8. The number of rotatable bonds is 10. The summed E-state index contributed by atoms with van der Waals surface area (Å²) in [6, 6.07) is 15.0. The van der Waals surface area contributed by atoms with Crippen molar-refractivity contribution in [1.82, 2.24) is 4.31 Å². The zero-order valence-corrected chi connectivity index (χ0v) is 24.5. The van der Waals surface area contributed by atoms with Crippen LogP contribution in [0.3, 0.4) is 0 Å². The van der Waals surface area contributed by atoms with Crippen molar-refractivity contribution in [2.45, 2.75) is 46.1 Å². The highest BCUT2D eigenvalue weighted by atomic mass is 32.2. The Morgan fingerprint density at radius 1 is 0.878 bits per heavy atom. The second-order valence-corrected chi connectivity index (χ2v) is 13.9. The van der Waals surface area contributed by atoms with Crippen LogP contribution in [0.5, 0.6) is 5.75 Å². The number of nitrogens with one attached hydrogen (secondary N) is 2. The van der Waals surface area contributed by atoms with E-state index in [1.165, 1.54) is 78.1 Å². The molecule has 1 fully saturated rings. The normalized spacial score (nSPS) is 14.8. The lowest BCUT2D eigenvalue weighted by atomic mass is 10.2. The molecule has 1 heterocycles. The molecule has 3 aromatic carbocycles. The van der Waals surface area contributed by atoms with Gasteiger partial charge < -0.3 is 10.1 Å². The van der Waals surface area contributed by atoms with Crippen molar-refractivity contribution in [2.75, 3.05) is 30.2 Å². The molecule has 220 valence electrons. The molecule has 4 rings (SSSR count). The predicted octanol–water partition coefficient (Wildman–Crippen LogP) is 5.63. The van der Waals surface area contributed by atoms with E-state index in [1.807, 2.05) is 0 Å². The zero-order chi connectivity index (χ0) is 29.6. The van der Waals surface area contributed by atoms with Gasteiger partial charge in [0.25, 0.3) is 21.7 Å². The Hall–Kier alpha value is -3.20. The molecule has 0 aromatic heterocycles. The average molecular weight is 626 g/mol. The van der Waals surface area contributed by atoms with E-state index >= 15 is 0 Å². The summed E-state index contributed by atoms with van der Waals surface area (Å²) in [6.07, 6.45) is 3.44. The molecule has 0 radical (unpaired) electrons. The van der Waals surface area contributed by atoms with E-state index in [4.69, 9.17) is 4.74 Å². The number of anilines is 2. The maximum atomic E-state index is 13.3. The van der Waals surface area contributed by atoms with Crippen molar-refractivity contribution >= 4 is 49.1 Å². The molecule has 9 nitrogen and oxygen atoms in total. The molecule has 0 aliphatic carbocycles. The highest BCUT2D eigenvalue weighted by Crippen LogP contribution is 2.29. The molecule has 41 heavy (non-hydrogen) atoms. The smallest absolute Gasteiger partial charge is 0.288 e. The van der Waals surface area contributed by atoms with Gasteiger partial charge in [-0.25, -0.2) is 16.8 Å². The lowest BCUT2D eigenvalue weighted by molar-refractivity contribution is 0.102. The van der Waals surface area contributed by atoms with Gasteiger partial charge in [-0.1, -0.05) is 30.7 Å². The molecule has 3 aromatic rings. The molecule has 0 spiro atoms. The predicted molar refractivity (Wildman–Crippen MR) is 154 cm³/mol. The molecule has 2 N–H and O–H groups in total. The number of hydrogen-bond donors (Lipinski definition) is 2. The molecule has 0 bridgehead atoms. The van der Waals surface area contributed by atoms with Gasteiger partial charge in [0, 0.05) is 29.4 Å². The number of nitrogens with zero attached hydrogens (tertiary/aromatic N) is 1. The van der Waals surface area contributed by atoms with Gasteiger partial charge in [-0.3, -0.25) is 9.52 Å². The summed E-state index contributed by atoms with van der Waals surface area (Å²) in [5.41, 5.74) is 0.283. The van der Waals surface area contributed by atoms with Crippen LogP contribution in [-0.4, -0.2) is 53.0 Å². The van der Waals surface area contributed by atoms with Gasteiger partial charge in [0.2, 0.25) is 10.0 Å². The van der Waals surface area contributed by atoms with Gasteiger partial charge in [0.05, 0.1) is 22.5 Å². The largest absolute Gasteiger partial charge is 0.496 e. The SMILES string of the molecule is COc1ccc(S(=O)(=O)N2CCCCCC2)cc1C(=O)Nc1cccc(S(=O)(=O)Nc2ccc(SC(F)F)cc2)c1. The maximum Gasteiger partial charge on any atom is 0.288 e. The van der Waals surface area contributed by atoms with Gasteiger partial charge in [-0.05, 0) is 73.5 Å². The van der Waals surface area contributed by atoms with E-state index in [0.29, 0.717) is 24.9 Å². The zero-order valence-electron chi connectivity index (χ0n) is 22.0. The van der Waals surface area contributed by atoms with Gasteiger partial charge in [0.15, 0.2) is 0 Å². The van der Waals surface area contributed by atoms with Crippen molar-refractivity contribution in [3.05, 3.63) is 72.3 Å². The maximum absolute atomic E-state index is 13.3. The van der Waals surface area contributed by atoms with Gasteiger partial charge in [-0.15, -0.1) is 0 Å². The highest BCUT2D eigenvalue weighted by molar-refractivity contribution is 7.99. The van der Waals surface area contributed by atoms with Crippen molar-refractivity contribution in [3.8, 4) is 5.75 Å². The minimum atomic E-state index is -4.09. The minimum absolute atomic E-state index is 0.0310. The van der Waals surface area contributed by atoms with Crippen LogP contribution in [0.2, 0.25) is 0 Å². The quantitative estimate of drug-likeness (QED) is 0.280. The van der Waals surface area contributed by atoms with Crippen molar-refractivity contribution in [2.24, 2.45) is 0 Å². The van der Waals surface area contributed by atoms with Crippen molar-refractivity contribution in [1.29, 1.82) is 0 Å². The summed E-state index contributed by atoms with van der Waals surface area (Å²) in [5.74, 6) is -3.14. The van der Waals surface area contributed by atoms with Crippen LogP contribution in [0.1, 0.15) is 36.0 Å². The van der Waals surface area contributed by atoms with Crippen LogP contribution < -0.4 is 14.8 Å². The highest BCUT2D eigenvalue weighted by Gasteiger charge is 2.27. The number of carbonyl (C=O) groups is 1. The number of halogens is 2. The molecule has 1 aliphatic rings. The summed E-state index contributed by atoms with van der Waals surface area (Å²) in [7, 11) is -6.57. The Morgan fingerprint density at radius 2 is 1.56 bits per heavy atom. The monoisotopic (exact) mass is 625 g/mol. The van der Waals surface area contributed by atoms with Crippen molar-refractivity contribution in [3.63, 3.8) is 0 Å². The van der Waals surface area contributed by atoms with Crippen LogP contribution >= 0.6 is 11.8 Å². The fraction of sp³-hybridized carbons (Fsp3) is 0.296. The summed E-state index contributed by atoms with van der Waals surface area (Å²) < 4.78 is 86.7. The second-order valence-electron chi connectivity index (χ2n) is 9.17. The Labute approximate surface area is 242 Å². The summed E-state index contributed by atoms with van der Waals surface area (Å²) >= 11 is 0.344. The molecule has 1 amide bonds. The number of methoxy groups -OCH3 is 1. The first-order valence-electron chi connectivity index (χ1n) is 12.7. The van der Waals surface area contributed by atoms with E-state index < -0.39 is 31.7 Å².